The highest BCUT2D eigenvalue weighted by Gasteiger charge is 2.18. The van der Waals surface area contributed by atoms with E-state index in [0.29, 0.717) is 6.42 Å². The average molecular weight is 357 g/mol. The minimum atomic E-state index is -0.553. The third kappa shape index (κ3) is 19.6. The molecule has 3 heteroatoms. The minimum Gasteiger partial charge on any atom is -0.460 e. The summed E-state index contributed by atoms with van der Waals surface area (Å²) in [6, 6.07) is 0. The topological polar surface area (TPSA) is 46.5 Å². The first-order valence-corrected chi connectivity index (χ1v) is 10.7. The van der Waals surface area contributed by atoms with Crippen molar-refractivity contribution in [2.45, 2.75) is 136 Å². The van der Waals surface area contributed by atoms with Gasteiger partial charge in [-0.25, -0.2) is 0 Å². The Labute approximate surface area is 156 Å². The molecule has 1 N–H and O–H groups in total. The van der Waals surface area contributed by atoms with Crippen molar-refractivity contribution in [3.63, 3.8) is 0 Å². The van der Waals surface area contributed by atoms with E-state index in [0.717, 1.165) is 12.8 Å². The number of aliphatic hydroxyl groups is 1. The summed E-state index contributed by atoms with van der Waals surface area (Å²) in [7, 11) is 0. The molecular weight excluding hydrogens is 312 g/mol. The summed E-state index contributed by atoms with van der Waals surface area (Å²) in [4.78, 5) is 11.6. The SMILES string of the molecule is CCCCCCCCCCCCCCC[C@@H](O)CC(=O)OC(C)(C)C. The average Bonchev–Trinajstić information content (AvgIpc) is 2.49. The van der Waals surface area contributed by atoms with Crippen LogP contribution in [0.1, 0.15) is 124 Å². The van der Waals surface area contributed by atoms with Crippen LogP contribution in [0.15, 0.2) is 0 Å². The zero-order valence-electron chi connectivity index (χ0n) is 17.4. The second kappa shape index (κ2) is 15.7. The predicted octanol–water partition coefficient (Wildman–Crippen LogP) is 6.56. The second-order valence-corrected chi connectivity index (χ2v) is 8.48. The van der Waals surface area contributed by atoms with Gasteiger partial charge in [0.15, 0.2) is 0 Å². The molecule has 0 fully saturated rings. The zero-order valence-corrected chi connectivity index (χ0v) is 17.4. The molecule has 0 aliphatic heterocycles. The molecule has 0 aliphatic carbocycles. The number of aliphatic hydroxyl groups excluding tert-OH is 1. The molecule has 0 saturated heterocycles. The van der Waals surface area contributed by atoms with Gasteiger partial charge in [-0.2, -0.15) is 0 Å². The second-order valence-electron chi connectivity index (χ2n) is 8.48. The van der Waals surface area contributed by atoms with E-state index in [-0.39, 0.29) is 12.4 Å². The van der Waals surface area contributed by atoms with Crippen LogP contribution < -0.4 is 0 Å². The van der Waals surface area contributed by atoms with Crippen molar-refractivity contribution in [3.05, 3.63) is 0 Å². The van der Waals surface area contributed by atoms with Crippen LogP contribution >= 0.6 is 0 Å². The van der Waals surface area contributed by atoms with Crippen molar-refractivity contribution in [1.29, 1.82) is 0 Å². The lowest BCUT2D eigenvalue weighted by Crippen LogP contribution is -2.26. The zero-order chi connectivity index (χ0) is 19.0. The van der Waals surface area contributed by atoms with Crippen molar-refractivity contribution in [1.82, 2.24) is 0 Å². The van der Waals surface area contributed by atoms with Crippen molar-refractivity contribution in [3.8, 4) is 0 Å². The number of esters is 1. The Morgan fingerprint density at radius 2 is 1.20 bits per heavy atom. The van der Waals surface area contributed by atoms with E-state index in [1.54, 1.807) is 0 Å². The fourth-order valence-corrected chi connectivity index (χ4v) is 3.08. The molecule has 0 aromatic carbocycles. The van der Waals surface area contributed by atoms with E-state index in [1.165, 1.54) is 70.6 Å². The Bertz CT molecular complexity index is 307. The summed E-state index contributed by atoms with van der Waals surface area (Å²) in [6.07, 6.45) is 17.5. The summed E-state index contributed by atoms with van der Waals surface area (Å²) in [6.45, 7) is 7.82. The van der Waals surface area contributed by atoms with Gasteiger partial charge in [0.2, 0.25) is 0 Å². The maximum atomic E-state index is 11.6. The largest absolute Gasteiger partial charge is 0.460 e. The van der Waals surface area contributed by atoms with Gasteiger partial charge in [-0.1, -0.05) is 90.4 Å². The highest BCUT2D eigenvalue weighted by molar-refractivity contribution is 5.70. The van der Waals surface area contributed by atoms with Gasteiger partial charge >= 0.3 is 5.97 Å². The van der Waals surface area contributed by atoms with E-state index in [9.17, 15) is 9.90 Å². The summed E-state index contributed by atoms with van der Waals surface area (Å²) in [5.74, 6) is -0.297. The molecular formula is C22H44O3. The van der Waals surface area contributed by atoms with Gasteiger partial charge in [-0.15, -0.1) is 0 Å². The number of unbranched alkanes of at least 4 members (excludes halogenated alkanes) is 12. The number of carbonyl (C=O) groups excluding carboxylic acids is 1. The maximum Gasteiger partial charge on any atom is 0.308 e. The highest BCUT2D eigenvalue weighted by Crippen LogP contribution is 2.15. The summed E-state index contributed by atoms with van der Waals surface area (Å²) >= 11 is 0. The Balaban J connectivity index is 3.31. The molecule has 25 heavy (non-hydrogen) atoms. The quantitative estimate of drug-likeness (QED) is 0.251. The van der Waals surface area contributed by atoms with Crippen molar-refractivity contribution >= 4 is 5.97 Å². The van der Waals surface area contributed by atoms with Crippen molar-refractivity contribution in [2.24, 2.45) is 0 Å². The Morgan fingerprint density at radius 1 is 0.800 bits per heavy atom. The fourth-order valence-electron chi connectivity index (χ4n) is 3.08. The molecule has 150 valence electrons. The van der Waals surface area contributed by atoms with Gasteiger partial charge in [0.25, 0.3) is 0 Å². The van der Waals surface area contributed by atoms with Crippen LogP contribution in [0.4, 0.5) is 0 Å². The van der Waals surface area contributed by atoms with Crippen LogP contribution in [0.25, 0.3) is 0 Å². The molecule has 3 nitrogen and oxygen atoms in total. The molecule has 0 aromatic rings. The molecule has 0 bridgehead atoms. The van der Waals surface area contributed by atoms with Crippen LogP contribution in [-0.4, -0.2) is 22.8 Å². The van der Waals surface area contributed by atoms with Gasteiger partial charge in [0, 0.05) is 0 Å². The van der Waals surface area contributed by atoms with E-state index in [2.05, 4.69) is 6.92 Å². The van der Waals surface area contributed by atoms with Gasteiger partial charge < -0.3 is 9.84 Å². The normalized spacial score (nSPS) is 13.0. The van der Waals surface area contributed by atoms with Crippen LogP contribution in [0.2, 0.25) is 0 Å². The maximum absolute atomic E-state index is 11.6. The van der Waals surface area contributed by atoms with E-state index >= 15 is 0 Å². The molecule has 0 spiro atoms. The molecule has 0 saturated carbocycles. The van der Waals surface area contributed by atoms with Crippen molar-refractivity contribution in [2.75, 3.05) is 0 Å². The molecule has 1 atom stereocenters. The summed E-state index contributed by atoms with van der Waals surface area (Å²) in [5.41, 5.74) is -0.466. The standard InChI is InChI=1S/C22H44O3/c1-5-6-7-8-9-10-11-12-13-14-15-16-17-18-20(23)19-21(24)25-22(2,3)4/h20,23H,5-19H2,1-4H3/t20-/m1/s1. The smallest absolute Gasteiger partial charge is 0.308 e. The molecule has 0 radical (unpaired) electrons. The molecule has 0 aromatic heterocycles. The molecule has 0 unspecified atom stereocenters. The highest BCUT2D eigenvalue weighted by atomic mass is 16.6. The summed E-state index contributed by atoms with van der Waals surface area (Å²) in [5, 5.41) is 9.89. The molecule has 0 heterocycles. The number of hydrogen-bond donors (Lipinski definition) is 1. The first kappa shape index (κ1) is 24.4. The monoisotopic (exact) mass is 356 g/mol. The summed E-state index contributed by atoms with van der Waals surface area (Å²) < 4.78 is 5.23. The number of hydrogen-bond acceptors (Lipinski definition) is 3. The lowest BCUT2D eigenvalue weighted by atomic mass is 10.0. The predicted molar refractivity (Wildman–Crippen MR) is 107 cm³/mol. The molecule has 0 rings (SSSR count). The first-order valence-electron chi connectivity index (χ1n) is 10.7. The van der Waals surface area contributed by atoms with Crippen molar-refractivity contribution < 1.29 is 14.6 Å². The van der Waals surface area contributed by atoms with E-state index < -0.39 is 11.7 Å². The minimum absolute atomic E-state index is 0.121. The molecule has 0 amide bonds. The van der Waals surface area contributed by atoms with Crippen LogP contribution in [0.5, 0.6) is 0 Å². The van der Waals surface area contributed by atoms with Crippen LogP contribution in [0, 0.1) is 0 Å². The number of ether oxygens (including phenoxy) is 1. The first-order chi connectivity index (χ1) is 11.8. The van der Waals surface area contributed by atoms with Gasteiger partial charge in [0.05, 0.1) is 12.5 Å². The number of rotatable bonds is 16. The Kier molecular flexibility index (Phi) is 15.3. The van der Waals surface area contributed by atoms with E-state index in [1.807, 2.05) is 20.8 Å². The van der Waals surface area contributed by atoms with Gasteiger partial charge in [0.1, 0.15) is 5.60 Å². The fraction of sp³-hybridized carbons (Fsp3) is 0.955. The lowest BCUT2D eigenvalue weighted by molar-refractivity contribution is -0.157. The van der Waals surface area contributed by atoms with Gasteiger partial charge in [-0.05, 0) is 27.2 Å². The Morgan fingerprint density at radius 3 is 1.60 bits per heavy atom. The molecule has 0 aliphatic rings. The number of carbonyl (C=O) groups is 1. The van der Waals surface area contributed by atoms with Crippen LogP contribution in [-0.2, 0) is 9.53 Å². The van der Waals surface area contributed by atoms with Gasteiger partial charge in [-0.3, -0.25) is 4.79 Å². The Hall–Kier alpha value is -0.570. The van der Waals surface area contributed by atoms with Crippen LogP contribution in [0.3, 0.4) is 0 Å². The third-order valence-corrected chi connectivity index (χ3v) is 4.46. The van der Waals surface area contributed by atoms with E-state index in [4.69, 9.17) is 4.74 Å². The third-order valence-electron chi connectivity index (χ3n) is 4.46. The lowest BCUT2D eigenvalue weighted by Gasteiger charge is -2.20.